The Balaban J connectivity index is 1.70. The SMILES string of the molecule is CNC(=O)[C@H](Cc1ccccc1)N(Cc1cccc(OC)c1)C(=O)CN1C(=O)c2ccccc2S1(=O)=O. The number of ether oxygens (including phenoxy) is 1. The van der Waals surface area contributed by atoms with Crippen LogP contribution in [0.4, 0.5) is 0 Å². The summed E-state index contributed by atoms with van der Waals surface area (Å²) >= 11 is 0. The molecule has 37 heavy (non-hydrogen) atoms. The molecule has 10 heteroatoms. The van der Waals surface area contributed by atoms with Crippen LogP contribution in [-0.2, 0) is 32.6 Å². The van der Waals surface area contributed by atoms with Crippen LogP contribution in [0, 0.1) is 0 Å². The highest BCUT2D eigenvalue weighted by molar-refractivity contribution is 7.90. The van der Waals surface area contributed by atoms with E-state index in [2.05, 4.69) is 5.32 Å². The van der Waals surface area contributed by atoms with Gasteiger partial charge in [0.2, 0.25) is 11.8 Å². The van der Waals surface area contributed by atoms with Crippen molar-refractivity contribution in [1.82, 2.24) is 14.5 Å². The van der Waals surface area contributed by atoms with Gasteiger partial charge in [0.15, 0.2) is 0 Å². The molecule has 0 spiro atoms. The third-order valence-corrected chi connectivity index (χ3v) is 7.98. The second-order valence-electron chi connectivity index (χ2n) is 8.51. The number of hydrogen-bond acceptors (Lipinski definition) is 6. The van der Waals surface area contributed by atoms with E-state index >= 15 is 0 Å². The lowest BCUT2D eigenvalue weighted by atomic mass is 10.0. The van der Waals surface area contributed by atoms with E-state index in [4.69, 9.17) is 4.74 Å². The topological polar surface area (TPSA) is 113 Å². The number of fused-ring (bicyclic) bond motifs is 1. The fourth-order valence-electron chi connectivity index (χ4n) is 4.29. The van der Waals surface area contributed by atoms with Crippen molar-refractivity contribution < 1.29 is 27.5 Å². The minimum atomic E-state index is -4.20. The van der Waals surface area contributed by atoms with Crippen molar-refractivity contribution in [2.24, 2.45) is 0 Å². The Labute approximate surface area is 215 Å². The van der Waals surface area contributed by atoms with Gasteiger partial charge in [0.05, 0.1) is 12.7 Å². The van der Waals surface area contributed by atoms with Crippen molar-refractivity contribution in [2.75, 3.05) is 20.7 Å². The summed E-state index contributed by atoms with van der Waals surface area (Å²) in [6.45, 7) is -0.738. The van der Waals surface area contributed by atoms with Gasteiger partial charge in [0, 0.05) is 20.0 Å². The Bertz CT molecular complexity index is 1420. The maximum absolute atomic E-state index is 13.8. The molecule has 3 amide bonds. The van der Waals surface area contributed by atoms with Crippen molar-refractivity contribution in [1.29, 1.82) is 0 Å². The zero-order valence-electron chi connectivity index (χ0n) is 20.5. The van der Waals surface area contributed by atoms with Gasteiger partial charge in [0.25, 0.3) is 15.9 Å². The number of likely N-dealkylation sites (N-methyl/N-ethyl adjacent to an activating group) is 1. The first-order valence-corrected chi connectivity index (χ1v) is 13.0. The van der Waals surface area contributed by atoms with Crippen molar-refractivity contribution in [3.05, 3.63) is 95.6 Å². The predicted octanol–water partition coefficient (Wildman–Crippen LogP) is 2.23. The summed E-state index contributed by atoms with van der Waals surface area (Å²) in [5, 5.41) is 2.61. The number of amides is 3. The van der Waals surface area contributed by atoms with E-state index in [0.717, 1.165) is 5.56 Å². The highest BCUT2D eigenvalue weighted by Gasteiger charge is 2.43. The van der Waals surface area contributed by atoms with Crippen molar-refractivity contribution >= 4 is 27.7 Å². The van der Waals surface area contributed by atoms with Gasteiger partial charge >= 0.3 is 0 Å². The molecule has 1 atom stereocenters. The van der Waals surface area contributed by atoms with Gasteiger partial charge in [-0.1, -0.05) is 54.6 Å². The molecule has 9 nitrogen and oxygen atoms in total. The first kappa shape index (κ1) is 25.9. The summed E-state index contributed by atoms with van der Waals surface area (Å²) in [7, 11) is -1.21. The van der Waals surface area contributed by atoms with Gasteiger partial charge in [0.1, 0.15) is 23.2 Å². The molecule has 3 aromatic carbocycles. The van der Waals surface area contributed by atoms with Gasteiger partial charge < -0.3 is 15.0 Å². The maximum atomic E-state index is 13.8. The van der Waals surface area contributed by atoms with E-state index in [0.29, 0.717) is 15.6 Å². The molecule has 192 valence electrons. The van der Waals surface area contributed by atoms with E-state index in [1.54, 1.807) is 30.3 Å². The number of methoxy groups -OCH3 is 1. The van der Waals surface area contributed by atoms with Gasteiger partial charge in [-0.05, 0) is 35.4 Å². The van der Waals surface area contributed by atoms with Crippen LogP contribution in [-0.4, -0.2) is 62.1 Å². The average Bonchev–Trinajstić information content (AvgIpc) is 3.11. The lowest BCUT2D eigenvalue weighted by molar-refractivity contribution is -0.140. The summed E-state index contributed by atoms with van der Waals surface area (Å²) in [5.74, 6) is -1.31. The van der Waals surface area contributed by atoms with Crippen molar-refractivity contribution in [2.45, 2.75) is 23.9 Å². The van der Waals surface area contributed by atoms with Crippen molar-refractivity contribution in [3.63, 3.8) is 0 Å². The van der Waals surface area contributed by atoms with Crippen LogP contribution in [0.2, 0.25) is 0 Å². The minimum Gasteiger partial charge on any atom is -0.497 e. The highest BCUT2D eigenvalue weighted by Crippen LogP contribution is 2.30. The molecule has 1 heterocycles. The van der Waals surface area contributed by atoms with Gasteiger partial charge in [-0.3, -0.25) is 14.4 Å². The number of sulfonamides is 1. The predicted molar refractivity (Wildman–Crippen MR) is 136 cm³/mol. The average molecular weight is 522 g/mol. The summed E-state index contributed by atoms with van der Waals surface area (Å²) in [4.78, 5) is 40.9. The van der Waals surface area contributed by atoms with E-state index in [1.165, 1.54) is 37.3 Å². The van der Waals surface area contributed by atoms with Crippen LogP contribution in [0.15, 0.2) is 83.8 Å². The number of carbonyl (C=O) groups is 3. The fourth-order valence-corrected chi connectivity index (χ4v) is 5.81. The maximum Gasteiger partial charge on any atom is 0.269 e. The molecule has 0 saturated carbocycles. The fraction of sp³-hybridized carbons (Fsp3) is 0.222. The van der Waals surface area contributed by atoms with Crippen LogP contribution in [0.3, 0.4) is 0 Å². The van der Waals surface area contributed by atoms with Crippen LogP contribution in [0.5, 0.6) is 5.75 Å². The standard InChI is InChI=1S/C27H27N3O6S/c1-28-26(32)23(16-19-9-4-3-5-10-19)29(17-20-11-8-12-21(15-20)36-2)25(31)18-30-27(33)22-13-6-7-14-24(22)37(30,34)35/h3-15,23H,16-18H2,1-2H3,(H,28,32)/t23-/m0/s1. The second-order valence-corrected chi connectivity index (χ2v) is 10.3. The molecular formula is C27H27N3O6S. The summed E-state index contributed by atoms with van der Waals surface area (Å²) in [6, 6.07) is 21.1. The monoisotopic (exact) mass is 521 g/mol. The summed E-state index contributed by atoms with van der Waals surface area (Å²) < 4.78 is 32.0. The molecule has 0 unspecified atom stereocenters. The quantitative estimate of drug-likeness (QED) is 0.462. The zero-order valence-corrected chi connectivity index (χ0v) is 21.3. The Hall–Kier alpha value is -4.18. The molecule has 0 saturated heterocycles. The molecule has 1 N–H and O–H groups in total. The van der Waals surface area contributed by atoms with E-state index in [9.17, 15) is 22.8 Å². The van der Waals surface area contributed by atoms with E-state index < -0.39 is 40.3 Å². The highest BCUT2D eigenvalue weighted by atomic mass is 32.2. The largest absolute Gasteiger partial charge is 0.497 e. The Morgan fingerprint density at radius 3 is 2.32 bits per heavy atom. The molecule has 0 aliphatic carbocycles. The minimum absolute atomic E-state index is 0.00399. The third-order valence-electron chi connectivity index (χ3n) is 6.20. The lowest BCUT2D eigenvalue weighted by Gasteiger charge is -2.32. The molecule has 1 aliphatic heterocycles. The normalized spacial score (nSPS) is 14.5. The van der Waals surface area contributed by atoms with E-state index in [1.807, 2.05) is 30.3 Å². The first-order valence-electron chi connectivity index (χ1n) is 11.6. The molecule has 4 rings (SSSR count). The zero-order chi connectivity index (χ0) is 26.6. The first-order chi connectivity index (χ1) is 17.8. The van der Waals surface area contributed by atoms with Crippen molar-refractivity contribution in [3.8, 4) is 5.75 Å². The second kappa shape index (κ2) is 10.8. The Morgan fingerprint density at radius 2 is 1.65 bits per heavy atom. The number of hydrogen-bond donors (Lipinski definition) is 1. The molecule has 0 radical (unpaired) electrons. The summed E-state index contributed by atoms with van der Waals surface area (Å²) in [5.41, 5.74) is 1.51. The number of nitrogens with zero attached hydrogens (tertiary/aromatic N) is 2. The van der Waals surface area contributed by atoms with Crippen LogP contribution in [0.1, 0.15) is 21.5 Å². The number of rotatable bonds is 9. The van der Waals surface area contributed by atoms with Gasteiger partial charge in [-0.2, -0.15) is 0 Å². The van der Waals surface area contributed by atoms with Gasteiger partial charge in [-0.25, -0.2) is 12.7 Å². The molecule has 3 aromatic rings. The molecule has 0 fully saturated rings. The van der Waals surface area contributed by atoms with Crippen LogP contribution >= 0.6 is 0 Å². The molecular weight excluding hydrogens is 494 g/mol. The number of carbonyl (C=O) groups excluding carboxylic acids is 3. The molecule has 1 aliphatic rings. The van der Waals surface area contributed by atoms with E-state index in [-0.39, 0.29) is 23.4 Å². The number of benzene rings is 3. The smallest absolute Gasteiger partial charge is 0.269 e. The summed E-state index contributed by atoms with van der Waals surface area (Å²) in [6.07, 6.45) is 0.192. The Kier molecular flexibility index (Phi) is 7.58. The van der Waals surface area contributed by atoms with Gasteiger partial charge in [-0.15, -0.1) is 0 Å². The lowest BCUT2D eigenvalue weighted by Crippen LogP contribution is -2.52. The Morgan fingerprint density at radius 1 is 0.973 bits per heavy atom. The molecule has 0 aromatic heterocycles. The molecule has 0 bridgehead atoms. The van der Waals surface area contributed by atoms with Crippen LogP contribution < -0.4 is 10.1 Å². The third kappa shape index (κ3) is 5.34. The van der Waals surface area contributed by atoms with Crippen LogP contribution in [0.25, 0.3) is 0 Å². The number of nitrogens with one attached hydrogen (secondary N) is 1.